The van der Waals surface area contributed by atoms with Gasteiger partial charge in [0, 0.05) is 23.1 Å². The predicted molar refractivity (Wildman–Crippen MR) is 73.4 cm³/mol. The van der Waals surface area contributed by atoms with Crippen LogP contribution in [-0.4, -0.2) is 24.0 Å². The Balaban J connectivity index is 2.58. The molecule has 0 bridgehead atoms. The first-order chi connectivity index (χ1) is 7.44. The topological polar surface area (TPSA) is 29.3 Å². The molecule has 0 saturated carbocycles. The Morgan fingerprint density at radius 2 is 2.00 bits per heavy atom. The van der Waals surface area contributed by atoms with E-state index in [1.165, 1.54) is 5.56 Å². The van der Waals surface area contributed by atoms with E-state index in [1.54, 1.807) is 0 Å². The molecule has 0 heterocycles. The van der Waals surface area contributed by atoms with Gasteiger partial charge < -0.3 is 10.6 Å². The third kappa shape index (κ3) is 4.24. The van der Waals surface area contributed by atoms with E-state index < -0.39 is 0 Å². The molecule has 1 rings (SSSR count). The summed E-state index contributed by atoms with van der Waals surface area (Å²) in [7, 11) is 2.11. The Kier molecular flexibility index (Phi) is 4.96. The van der Waals surface area contributed by atoms with Crippen LogP contribution in [0, 0.1) is 0 Å². The molecule has 0 amide bonds. The number of halogens is 1. The summed E-state index contributed by atoms with van der Waals surface area (Å²) in [5.41, 5.74) is 7.36. The van der Waals surface area contributed by atoms with Gasteiger partial charge in [-0.05, 0) is 32.0 Å². The van der Waals surface area contributed by atoms with Crippen LogP contribution in [0.3, 0.4) is 0 Å². The fraction of sp³-hybridized carbons (Fsp3) is 0.538. The molecule has 0 aliphatic heterocycles. The quantitative estimate of drug-likeness (QED) is 0.901. The van der Waals surface area contributed by atoms with Crippen molar-refractivity contribution in [1.82, 2.24) is 4.90 Å². The molecule has 2 N–H and O–H groups in total. The van der Waals surface area contributed by atoms with Crippen LogP contribution < -0.4 is 5.73 Å². The Bertz CT molecular complexity index is 336. The van der Waals surface area contributed by atoms with E-state index in [0.29, 0.717) is 0 Å². The molecule has 1 atom stereocenters. The molecule has 0 fully saturated rings. The van der Waals surface area contributed by atoms with Gasteiger partial charge in [0.05, 0.1) is 0 Å². The van der Waals surface area contributed by atoms with Crippen molar-refractivity contribution in [1.29, 1.82) is 0 Å². The second kappa shape index (κ2) is 5.80. The maximum absolute atomic E-state index is 6.16. The van der Waals surface area contributed by atoms with Crippen molar-refractivity contribution in [2.24, 2.45) is 5.73 Å². The van der Waals surface area contributed by atoms with Crippen molar-refractivity contribution < 1.29 is 0 Å². The molecule has 0 spiro atoms. The first-order valence-electron chi connectivity index (χ1n) is 5.65. The molecule has 0 aromatic heterocycles. The summed E-state index contributed by atoms with van der Waals surface area (Å²) >= 11 is 3.56. The van der Waals surface area contributed by atoms with Crippen LogP contribution in [0.15, 0.2) is 28.7 Å². The van der Waals surface area contributed by atoms with Crippen LogP contribution >= 0.6 is 15.9 Å². The SMILES string of the molecule is CCC(C)(N)CN(C)Cc1ccccc1Br. The van der Waals surface area contributed by atoms with Crippen molar-refractivity contribution in [2.75, 3.05) is 13.6 Å². The Labute approximate surface area is 107 Å². The molecular formula is C13H21BrN2. The number of benzene rings is 1. The minimum atomic E-state index is -0.101. The van der Waals surface area contributed by atoms with Gasteiger partial charge in [-0.2, -0.15) is 0 Å². The fourth-order valence-corrected chi connectivity index (χ4v) is 2.11. The van der Waals surface area contributed by atoms with E-state index in [2.05, 4.69) is 59.9 Å². The summed E-state index contributed by atoms with van der Waals surface area (Å²) in [5, 5.41) is 0. The lowest BCUT2D eigenvalue weighted by atomic mass is 10.00. The molecule has 0 saturated heterocycles. The number of likely N-dealkylation sites (N-methyl/N-ethyl adjacent to an activating group) is 1. The minimum absolute atomic E-state index is 0.101. The second-order valence-electron chi connectivity index (χ2n) is 4.77. The molecule has 90 valence electrons. The summed E-state index contributed by atoms with van der Waals surface area (Å²) in [6, 6.07) is 8.31. The van der Waals surface area contributed by atoms with Crippen LogP contribution in [0.25, 0.3) is 0 Å². The predicted octanol–water partition coefficient (Wildman–Crippen LogP) is 3.01. The smallest absolute Gasteiger partial charge is 0.0252 e. The van der Waals surface area contributed by atoms with Gasteiger partial charge in [-0.15, -0.1) is 0 Å². The monoisotopic (exact) mass is 284 g/mol. The Hall–Kier alpha value is -0.380. The van der Waals surface area contributed by atoms with Gasteiger partial charge in [0.15, 0.2) is 0 Å². The van der Waals surface area contributed by atoms with Gasteiger partial charge in [-0.3, -0.25) is 0 Å². The van der Waals surface area contributed by atoms with Gasteiger partial charge in [0.1, 0.15) is 0 Å². The fourth-order valence-electron chi connectivity index (χ4n) is 1.70. The standard InChI is InChI=1S/C13H21BrN2/c1-4-13(2,15)10-16(3)9-11-7-5-6-8-12(11)14/h5-8H,4,9-10,15H2,1-3H3. The average Bonchev–Trinajstić information content (AvgIpc) is 2.21. The zero-order valence-corrected chi connectivity index (χ0v) is 11.9. The highest BCUT2D eigenvalue weighted by atomic mass is 79.9. The molecular weight excluding hydrogens is 264 g/mol. The molecule has 1 aromatic carbocycles. The van der Waals surface area contributed by atoms with Gasteiger partial charge in [0.2, 0.25) is 0 Å². The van der Waals surface area contributed by atoms with Crippen LogP contribution in [0.1, 0.15) is 25.8 Å². The highest BCUT2D eigenvalue weighted by Gasteiger charge is 2.18. The lowest BCUT2D eigenvalue weighted by Gasteiger charge is -2.29. The Morgan fingerprint density at radius 1 is 1.38 bits per heavy atom. The zero-order chi connectivity index (χ0) is 12.2. The summed E-state index contributed by atoms with van der Waals surface area (Å²) in [6.07, 6.45) is 0.993. The zero-order valence-electron chi connectivity index (χ0n) is 10.3. The van der Waals surface area contributed by atoms with E-state index in [1.807, 2.05) is 6.07 Å². The third-order valence-electron chi connectivity index (χ3n) is 2.84. The van der Waals surface area contributed by atoms with Crippen LogP contribution in [-0.2, 0) is 6.54 Å². The van der Waals surface area contributed by atoms with E-state index in [4.69, 9.17) is 5.73 Å². The van der Waals surface area contributed by atoms with Gasteiger partial charge in [-0.1, -0.05) is 41.1 Å². The number of nitrogens with zero attached hydrogens (tertiary/aromatic N) is 1. The number of hydrogen-bond donors (Lipinski definition) is 1. The summed E-state index contributed by atoms with van der Waals surface area (Å²) < 4.78 is 1.16. The maximum atomic E-state index is 6.16. The normalized spacial score (nSPS) is 15.1. The average molecular weight is 285 g/mol. The number of hydrogen-bond acceptors (Lipinski definition) is 2. The van der Waals surface area contributed by atoms with E-state index in [0.717, 1.165) is 24.0 Å². The number of rotatable bonds is 5. The van der Waals surface area contributed by atoms with E-state index >= 15 is 0 Å². The van der Waals surface area contributed by atoms with Gasteiger partial charge in [0.25, 0.3) is 0 Å². The van der Waals surface area contributed by atoms with Crippen LogP contribution in [0.4, 0.5) is 0 Å². The highest BCUT2D eigenvalue weighted by molar-refractivity contribution is 9.10. The van der Waals surface area contributed by atoms with Crippen LogP contribution in [0.2, 0.25) is 0 Å². The third-order valence-corrected chi connectivity index (χ3v) is 3.61. The van der Waals surface area contributed by atoms with E-state index in [9.17, 15) is 0 Å². The lowest BCUT2D eigenvalue weighted by molar-refractivity contribution is 0.246. The summed E-state index contributed by atoms with van der Waals surface area (Å²) in [4.78, 5) is 2.27. The van der Waals surface area contributed by atoms with Crippen molar-refractivity contribution in [3.63, 3.8) is 0 Å². The summed E-state index contributed by atoms with van der Waals surface area (Å²) in [5.74, 6) is 0. The van der Waals surface area contributed by atoms with Crippen molar-refractivity contribution in [3.05, 3.63) is 34.3 Å². The van der Waals surface area contributed by atoms with Crippen LogP contribution in [0.5, 0.6) is 0 Å². The lowest BCUT2D eigenvalue weighted by Crippen LogP contribution is -2.45. The number of nitrogens with two attached hydrogens (primary N) is 1. The molecule has 1 unspecified atom stereocenters. The van der Waals surface area contributed by atoms with Crippen molar-refractivity contribution in [2.45, 2.75) is 32.4 Å². The molecule has 1 aromatic rings. The molecule has 3 heteroatoms. The van der Waals surface area contributed by atoms with Crippen molar-refractivity contribution >= 4 is 15.9 Å². The first-order valence-corrected chi connectivity index (χ1v) is 6.45. The Morgan fingerprint density at radius 3 is 2.56 bits per heavy atom. The second-order valence-corrected chi connectivity index (χ2v) is 5.63. The molecule has 0 radical (unpaired) electrons. The molecule has 2 nitrogen and oxygen atoms in total. The molecule has 16 heavy (non-hydrogen) atoms. The van der Waals surface area contributed by atoms with Crippen molar-refractivity contribution in [3.8, 4) is 0 Å². The minimum Gasteiger partial charge on any atom is -0.324 e. The highest BCUT2D eigenvalue weighted by Crippen LogP contribution is 2.18. The van der Waals surface area contributed by atoms with E-state index in [-0.39, 0.29) is 5.54 Å². The van der Waals surface area contributed by atoms with Gasteiger partial charge >= 0.3 is 0 Å². The largest absolute Gasteiger partial charge is 0.324 e. The first kappa shape index (κ1) is 13.7. The summed E-state index contributed by atoms with van der Waals surface area (Å²) in [6.45, 7) is 6.06. The molecule has 0 aliphatic carbocycles. The van der Waals surface area contributed by atoms with Gasteiger partial charge in [-0.25, -0.2) is 0 Å². The molecule has 0 aliphatic rings. The maximum Gasteiger partial charge on any atom is 0.0252 e.